The Balaban J connectivity index is 2.02. The average Bonchev–Trinajstić information content (AvgIpc) is 2.60. The van der Waals surface area contributed by atoms with E-state index in [-0.39, 0.29) is 17.9 Å². The first-order valence-corrected chi connectivity index (χ1v) is 10.9. The quantitative estimate of drug-likeness (QED) is 0.786. The van der Waals surface area contributed by atoms with Crippen molar-refractivity contribution < 1.29 is 17.9 Å². The lowest BCUT2D eigenvalue weighted by Crippen LogP contribution is -2.43. The van der Waals surface area contributed by atoms with Crippen molar-refractivity contribution in [2.24, 2.45) is 11.8 Å². The molecule has 0 radical (unpaired) electrons. The maximum Gasteiger partial charge on any atom is 0.223 e. The summed E-state index contributed by atoms with van der Waals surface area (Å²) < 4.78 is 29.9. The van der Waals surface area contributed by atoms with Gasteiger partial charge >= 0.3 is 0 Å². The Morgan fingerprint density at radius 1 is 1.23 bits per heavy atom. The highest BCUT2D eigenvalue weighted by Crippen LogP contribution is 2.26. The molecule has 0 saturated carbocycles. The molecule has 1 aliphatic heterocycles. The van der Waals surface area contributed by atoms with Gasteiger partial charge in [0, 0.05) is 19.0 Å². The van der Waals surface area contributed by atoms with E-state index in [2.05, 4.69) is 19.2 Å². The maximum absolute atomic E-state index is 12.7. The van der Waals surface area contributed by atoms with Crippen LogP contribution in [0.2, 0.25) is 0 Å². The summed E-state index contributed by atoms with van der Waals surface area (Å²) >= 11 is 0. The first-order chi connectivity index (χ1) is 12.2. The highest BCUT2D eigenvalue weighted by molar-refractivity contribution is 7.88. The number of rotatable bonds is 7. The molecule has 6 nitrogen and oxygen atoms in total. The van der Waals surface area contributed by atoms with E-state index in [9.17, 15) is 13.2 Å². The highest BCUT2D eigenvalue weighted by atomic mass is 32.2. The summed E-state index contributed by atoms with van der Waals surface area (Å²) in [6, 6.07) is 7.72. The van der Waals surface area contributed by atoms with E-state index in [1.165, 1.54) is 10.6 Å². The number of nitrogens with zero attached hydrogens (tertiary/aromatic N) is 1. The van der Waals surface area contributed by atoms with Crippen molar-refractivity contribution in [3.05, 3.63) is 29.8 Å². The summed E-state index contributed by atoms with van der Waals surface area (Å²) in [5, 5.41) is 3.18. The predicted molar refractivity (Wildman–Crippen MR) is 102 cm³/mol. The zero-order chi connectivity index (χ0) is 19.3. The first kappa shape index (κ1) is 20.7. The van der Waals surface area contributed by atoms with Crippen LogP contribution in [0.4, 0.5) is 0 Å². The number of methoxy groups -OCH3 is 1. The van der Waals surface area contributed by atoms with Crippen LogP contribution in [-0.2, 0) is 14.8 Å². The van der Waals surface area contributed by atoms with Gasteiger partial charge < -0.3 is 10.1 Å². The Morgan fingerprint density at radius 3 is 2.27 bits per heavy atom. The second-order valence-electron chi connectivity index (χ2n) is 7.40. The molecule has 1 aliphatic rings. The molecule has 0 spiro atoms. The number of hydrogen-bond donors (Lipinski definition) is 1. The van der Waals surface area contributed by atoms with Crippen LogP contribution in [0, 0.1) is 11.8 Å². The molecule has 0 aliphatic carbocycles. The van der Waals surface area contributed by atoms with E-state index < -0.39 is 10.0 Å². The molecular weight excluding hydrogens is 352 g/mol. The van der Waals surface area contributed by atoms with E-state index in [0.717, 1.165) is 17.7 Å². The van der Waals surface area contributed by atoms with Crippen LogP contribution in [0.3, 0.4) is 0 Å². The summed E-state index contributed by atoms with van der Waals surface area (Å²) in [5.41, 5.74) is 1.06. The number of piperidine rings is 1. The van der Waals surface area contributed by atoms with Gasteiger partial charge in [0.2, 0.25) is 15.9 Å². The van der Waals surface area contributed by atoms with Crippen molar-refractivity contribution >= 4 is 15.9 Å². The Hall–Kier alpha value is -1.60. The fraction of sp³-hybridized carbons (Fsp3) is 0.632. The molecule has 0 aromatic heterocycles. The third-order valence-corrected chi connectivity index (χ3v) is 6.14. The largest absolute Gasteiger partial charge is 0.497 e. The van der Waals surface area contributed by atoms with E-state index in [4.69, 9.17) is 4.74 Å². The molecule has 7 heteroatoms. The van der Waals surface area contributed by atoms with Crippen LogP contribution in [0.5, 0.6) is 5.75 Å². The molecule has 1 N–H and O–H groups in total. The highest BCUT2D eigenvalue weighted by Gasteiger charge is 2.30. The van der Waals surface area contributed by atoms with Crippen molar-refractivity contribution in [2.45, 2.75) is 39.2 Å². The second-order valence-corrected chi connectivity index (χ2v) is 9.38. The van der Waals surface area contributed by atoms with Crippen molar-refractivity contribution in [3.8, 4) is 5.75 Å². The van der Waals surface area contributed by atoms with Crippen LogP contribution in [0.15, 0.2) is 24.3 Å². The minimum atomic E-state index is -3.17. The van der Waals surface area contributed by atoms with Gasteiger partial charge in [-0.25, -0.2) is 12.7 Å². The van der Waals surface area contributed by atoms with E-state index >= 15 is 0 Å². The Kier molecular flexibility index (Phi) is 7.06. The smallest absolute Gasteiger partial charge is 0.223 e. The summed E-state index contributed by atoms with van der Waals surface area (Å²) in [4.78, 5) is 12.7. The number of nitrogens with one attached hydrogen (secondary N) is 1. The van der Waals surface area contributed by atoms with E-state index in [1.54, 1.807) is 7.11 Å². The average molecular weight is 383 g/mol. The predicted octanol–water partition coefficient (Wildman–Crippen LogP) is 2.57. The molecule has 1 aromatic carbocycles. The van der Waals surface area contributed by atoms with Crippen LogP contribution < -0.4 is 10.1 Å². The monoisotopic (exact) mass is 382 g/mol. The van der Waals surface area contributed by atoms with Gasteiger partial charge in [-0.05, 0) is 42.9 Å². The zero-order valence-electron chi connectivity index (χ0n) is 16.1. The Morgan fingerprint density at radius 2 is 1.81 bits per heavy atom. The van der Waals surface area contributed by atoms with Gasteiger partial charge in [0.25, 0.3) is 0 Å². The molecule has 2 rings (SSSR count). The van der Waals surface area contributed by atoms with Crippen molar-refractivity contribution in [3.63, 3.8) is 0 Å². The van der Waals surface area contributed by atoms with Gasteiger partial charge in [-0.15, -0.1) is 0 Å². The van der Waals surface area contributed by atoms with Gasteiger partial charge in [0.1, 0.15) is 5.75 Å². The van der Waals surface area contributed by atoms with Gasteiger partial charge in [0.05, 0.1) is 19.4 Å². The molecule has 0 bridgehead atoms. The van der Waals surface area contributed by atoms with Crippen molar-refractivity contribution in [2.75, 3.05) is 26.5 Å². The lowest BCUT2D eigenvalue weighted by Gasteiger charge is -2.31. The summed E-state index contributed by atoms with van der Waals surface area (Å²) in [7, 11) is -1.54. The van der Waals surface area contributed by atoms with Gasteiger partial charge in [-0.3, -0.25) is 4.79 Å². The zero-order valence-corrected chi connectivity index (χ0v) is 16.9. The summed E-state index contributed by atoms with van der Waals surface area (Å²) in [5.74, 6) is 1.10. The number of carbonyl (C=O) groups is 1. The molecule has 1 aromatic rings. The maximum atomic E-state index is 12.7. The molecule has 1 atom stereocenters. The molecule has 1 saturated heterocycles. The summed E-state index contributed by atoms with van der Waals surface area (Å²) in [6.45, 7) is 5.09. The van der Waals surface area contributed by atoms with Gasteiger partial charge in [-0.1, -0.05) is 26.0 Å². The standard InChI is InChI=1S/C19H30N2O4S/c1-14(2)13-18(15-5-7-17(25-3)8-6-15)20-19(22)16-9-11-21(12-10-16)26(4,23)24/h5-8,14,16,18H,9-13H2,1-4H3,(H,20,22)/t18-/m1/s1. The fourth-order valence-corrected chi connectivity index (χ4v) is 4.20. The molecular formula is C19H30N2O4S. The number of hydrogen-bond acceptors (Lipinski definition) is 4. The molecule has 1 heterocycles. The SMILES string of the molecule is COc1ccc([C@@H](CC(C)C)NC(=O)C2CCN(S(C)(=O)=O)CC2)cc1. The topological polar surface area (TPSA) is 75.7 Å². The fourth-order valence-electron chi connectivity index (χ4n) is 3.33. The molecule has 1 amide bonds. The second kappa shape index (κ2) is 8.86. The van der Waals surface area contributed by atoms with Crippen LogP contribution in [0.1, 0.15) is 44.7 Å². The number of benzene rings is 1. The molecule has 0 unspecified atom stereocenters. The number of amides is 1. The van der Waals surface area contributed by atoms with Crippen molar-refractivity contribution in [1.29, 1.82) is 0 Å². The van der Waals surface area contributed by atoms with Crippen molar-refractivity contribution in [1.82, 2.24) is 9.62 Å². The van der Waals surface area contributed by atoms with Gasteiger partial charge in [0.15, 0.2) is 0 Å². The van der Waals surface area contributed by atoms with Crippen LogP contribution in [-0.4, -0.2) is 45.1 Å². The third-order valence-electron chi connectivity index (χ3n) is 4.84. The Labute approximate surface area is 157 Å². The third kappa shape index (κ3) is 5.71. The summed E-state index contributed by atoms with van der Waals surface area (Å²) in [6.07, 6.45) is 3.20. The molecule has 146 valence electrons. The Bertz CT molecular complexity index is 693. The minimum Gasteiger partial charge on any atom is -0.497 e. The lowest BCUT2D eigenvalue weighted by atomic mass is 9.93. The molecule has 1 fully saturated rings. The first-order valence-electron chi connectivity index (χ1n) is 9.10. The van der Waals surface area contributed by atoms with Crippen LogP contribution in [0.25, 0.3) is 0 Å². The normalized spacial score (nSPS) is 17.9. The minimum absolute atomic E-state index is 0.0135. The van der Waals surface area contributed by atoms with E-state index in [0.29, 0.717) is 31.8 Å². The number of carbonyl (C=O) groups excluding carboxylic acids is 1. The number of sulfonamides is 1. The lowest BCUT2D eigenvalue weighted by molar-refractivity contribution is -0.127. The molecule has 26 heavy (non-hydrogen) atoms. The van der Waals surface area contributed by atoms with Crippen LogP contribution >= 0.6 is 0 Å². The van der Waals surface area contributed by atoms with Gasteiger partial charge in [-0.2, -0.15) is 0 Å². The number of ether oxygens (including phenoxy) is 1. The van der Waals surface area contributed by atoms with E-state index in [1.807, 2.05) is 24.3 Å².